The summed E-state index contributed by atoms with van der Waals surface area (Å²) in [6, 6.07) is 9.70. The van der Waals surface area contributed by atoms with Crippen molar-refractivity contribution >= 4 is 11.6 Å². The van der Waals surface area contributed by atoms with Gasteiger partial charge in [-0.15, -0.1) is 0 Å². The molecule has 2 rings (SSSR count). The molecule has 1 saturated heterocycles. The third-order valence-electron chi connectivity index (χ3n) is 2.84. The number of amides is 1. The molecule has 0 saturated carbocycles. The van der Waals surface area contributed by atoms with Gasteiger partial charge in [0.1, 0.15) is 0 Å². The number of benzene rings is 1. The fraction of sp³-hybridized carbons (Fsp3) is 0.462. The summed E-state index contributed by atoms with van der Waals surface area (Å²) >= 11 is 0. The molecule has 1 amide bonds. The lowest BCUT2D eigenvalue weighted by molar-refractivity contribution is -0.125. The number of carbonyl (C=O) groups excluding carboxylic acids is 1. The van der Waals surface area contributed by atoms with Crippen LogP contribution in [0.25, 0.3) is 0 Å². The molecule has 4 nitrogen and oxygen atoms in total. The van der Waals surface area contributed by atoms with Gasteiger partial charge in [-0.1, -0.05) is 25.1 Å². The predicted molar refractivity (Wildman–Crippen MR) is 66.9 cm³/mol. The number of hydrogen-bond donors (Lipinski definition) is 2. The minimum absolute atomic E-state index is 0.0157. The first-order valence-electron chi connectivity index (χ1n) is 5.81. The Morgan fingerprint density at radius 3 is 2.65 bits per heavy atom. The molecule has 92 valence electrons. The Balaban J connectivity index is 1.67. The van der Waals surface area contributed by atoms with Gasteiger partial charge in [-0.05, 0) is 12.1 Å². The van der Waals surface area contributed by atoms with Gasteiger partial charge in [0.2, 0.25) is 5.91 Å². The summed E-state index contributed by atoms with van der Waals surface area (Å²) in [7, 11) is 0. The van der Waals surface area contributed by atoms with Crippen molar-refractivity contribution in [3.05, 3.63) is 30.3 Å². The van der Waals surface area contributed by atoms with E-state index in [4.69, 9.17) is 4.74 Å². The Kier molecular flexibility index (Phi) is 3.64. The van der Waals surface area contributed by atoms with Gasteiger partial charge in [-0.2, -0.15) is 0 Å². The Hall–Kier alpha value is -1.55. The van der Waals surface area contributed by atoms with Gasteiger partial charge in [0.25, 0.3) is 0 Å². The van der Waals surface area contributed by atoms with Crippen molar-refractivity contribution in [3.8, 4) is 0 Å². The molecule has 1 fully saturated rings. The van der Waals surface area contributed by atoms with E-state index in [1.54, 1.807) is 0 Å². The molecule has 1 aliphatic rings. The molecule has 0 atom stereocenters. The van der Waals surface area contributed by atoms with Gasteiger partial charge >= 0.3 is 0 Å². The Morgan fingerprint density at radius 2 is 2.06 bits per heavy atom. The second kappa shape index (κ2) is 5.19. The number of carbonyl (C=O) groups is 1. The molecule has 0 radical (unpaired) electrons. The highest BCUT2D eigenvalue weighted by molar-refractivity contribution is 5.80. The first-order chi connectivity index (χ1) is 8.18. The number of hydrogen-bond acceptors (Lipinski definition) is 3. The lowest BCUT2D eigenvalue weighted by Gasteiger charge is -2.38. The van der Waals surface area contributed by atoms with Crippen LogP contribution in [-0.2, 0) is 9.53 Å². The average molecular weight is 234 g/mol. The van der Waals surface area contributed by atoms with Gasteiger partial charge in [0, 0.05) is 17.6 Å². The molecule has 0 aliphatic carbocycles. The van der Waals surface area contributed by atoms with Crippen LogP contribution in [0.4, 0.5) is 5.69 Å². The summed E-state index contributed by atoms with van der Waals surface area (Å²) in [4.78, 5) is 11.6. The van der Waals surface area contributed by atoms with Crippen molar-refractivity contribution in [2.75, 3.05) is 31.6 Å². The van der Waals surface area contributed by atoms with Crippen molar-refractivity contribution in [1.82, 2.24) is 5.32 Å². The Labute approximate surface area is 101 Å². The largest absolute Gasteiger partial charge is 0.380 e. The fourth-order valence-corrected chi connectivity index (χ4v) is 1.67. The van der Waals surface area contributed by atoms with Crippen molar-refractivity contribution < 1.29 is 9.53 Å². The minimum atomic E-state index is 0.0157. The van der Waals surface area contributed by atoms with Crippen LogP contribution in [0, 0.1) is 5.41 Å². The normalized spacial score (nSPS) is 17.0. The van der Waals surface area contributed by atoms with E-state index in [9.17, 15) is 4.79 Å². The topological polar surface area (TPSA) is 50.4 Å². The average Bonchev–Trinajstić information content (AvgIpc) is 2.33. The van der Waals surface area contributed by atoms with E-state index in [1.807, 2.05) is 30.3 Å². The predicted octanol–water partition coefficient (Wildman–Crippen LogP) is 1.25. The molecule has 17 heavy (non-hydrogen) atoms. The Bertz CT molecular complexity index is 374. The molecule has 1 aromatic rings. The molecule has 0 aromatic heterocycles. The summed E-state index contributed by atoms with van der Waals surface area (Å²) in [5, 5.41) is 5.99. The smallest absolute Gasteiger partial charge is 0.239 e. The zero-order chi connectivity index (χ0) is 12.1. The van der Waals surface area contributed by atoms with Gasteiger partial charge in [-0.3, -0.25) is 4.79 Å². The van der Waals surface area contributed by atoms with Crippen molar-refractivity contribution in [1.29, 1.82) is 0 Å². The summed E-state index contributed by atoms with van der Waals surface area (Å²) in [6.07, 6.45) is 0. The molecule has 1 heterocycles. The molecule has 0 spiro atoms. The van der Waals surface area contributed by atoms with Gasteiger partial charge in [-0.25, -0.2) is 0 Å². The van der Waals surface area contributed by atoms with Crippen LogP contribution in [0.2, 0.25) is 0 Å². The van der Waals surface area contributed by atoms with Crippen LogP contribution < -0.4 is 10.6 Å². The van der Waals surface area contributed by atoms with Crippen LogP contribution in [0.15, 0.2) is 30.3 Å². The van der Waals surface area contributed by atoms with E-state index in [0.717, 1.165) is 18.9 Å². The third kappa shape index (κ3) is 3.46. The summed E-state index contributed by atoms with van der Waals surface area (Å²) in [5.74, 6) is 0.0157. The van der Waals surface area contributed by atoms with E-state index in [2.05, 4.69) is 17.6 Å². The van der Waals surface area contributed by atoms with Crippen molar-refractivity contribution in [2.24, 2.45) is 5.41 Å². The quantitative estimate of drug-likeness (QED) is 0.806. The second-order valence-corrected chi connectivity index (χ2v) is 4.80. The van der Waals surface area contributed by atoms with Crippen LogP contribution in [0.1, 0.15) is 6.92 Å². The van der Waals surface area contributed by atoms with Gasteiger partial charge < -0.3 is 15.4 Å². The lowest BCUT2D eigenvalue weighted by Crippen LogP contribution is -2.49. The maximum atomic E-state index is 11.6. The van der Waals surface area contributed by atoms with E-state index in [-0.39, 0.29) is 11.3 Å². The zero-order valence-electron chi connectivity index (χ0n) is 10.0. The number of ether oxygens (including phenoxy) is 1. The minimum Gasteiger partial charge on any atom is -0.380 e. The number of rotatable bonds is 5. The molecule has 1 aromatic carbocycles. The standard InChI is InChI=1S/C13H18N2O2/c1-13(9-17-10-13)8-15-12(16)7-14-11-5-3-2-4-6-11/h2-6,14H,7-10H2,1H3,(H,15,16). The maximum Gasteiger partial charge on any atom is 0.239 e. The van der Waals surface area contributed by atoms with Crippen molar-refractivity contribution in [2.45, 2.75) is 6.92 Å². The molecule has 2 N–H and O–H groups in total. The highest BCUT2D eigenvalue weighted by atomic mass is 16.5. The second-order valence-electron chi connectivity index (χ2n) is 4.80. The maximum absolute atomic E-state index is 11.6. The monoisotopic (exact) mass is 234 g/mol. The first kappa shape index (κ1) is 11.9. The highest BCUT2D eigenvalue weighted by Gasteiger charge is 2.33. The number of para-hydroxylation sites is 1. The van der Waals surface area contributed by atoms with E-state index < -0.39 is 0 Å². The van der Waals surface area contributed by atoms with Crippen LogP contribution >= 0.6 is 0 Å². The van der Waals surface area contributed by atoms with Crippen LogP contribution in [-0.4, -0.2) is 32.2 Å². The molecule has 0 unspecified atom stereocenters. The van der Waals surface area contributed by atoms with Gasteiger partial charge in [0.15, 0.2) is 0 Å². The first-order valence-corrected chi connectivity index (χ1v) is 5.81. The zero-order valence-corrected chi connectivity index (χ0v) is 10.0. The number of anilines is 1. The summed E-state index contributed by atoms with van der Waals surface area (Å²) < 4.78 is 5.13. The SMILES string of the molecule is CC1(CNC(=O)CNc2ccccc2)COC1. The third-order valence-corrected chi connectivity index (χ3v) is 2.84. The van der Waals surface area contributed by atoms with Crippen molar-refractivity contribution in [3.63, 3.8) is 0 Å². The summed E-state index contributed by atoms with van der Waals surface area (Å²) in [6.45, 7) is 4.57. The Morgan fingerprint density at radius 1 is 1.35 bits per heavy atom. The van der Waals surface area contributed by atoms with E-state index in [1.165, 1.54) is 0 Å². The highest BCUT2D eigenvalue weighted by Crippen LogP contribution is 2.24. The lowest BCUT2D eigenvalue weighted by atomic mass is 9.89. The number of nitrogens with one attached hydrogen (secondary N) is 2. The molecular weight excluding hydrogens is 216 g/mol. The van der Waals surface area contributed by atoms with E-state index in [0.29, 0.717) is 13.1 Å². The summed E-state index contributed by atoms with van der Waals surface area (Å²) in [5.41, 5.74) is 1.09. The van der Waals surface area contributed by atoms with E-state index >= 15 is 0 Å². The molecule has 0 bridgehead atoms. The van der Waals surface area contributed by atoms with Crippen LogP contribution in [0.3, 0.4) is 0 Å². The molecule has 1 aliphatic heterocycles. The van der Waals surface area contributed by atoms with Crippen LogP contribution in [0.5, 0.6) is 0 Å². The fourth-order valence-electron chi connectivity index (χ4n) is 1.67. The van der Waals surface area contributed by atoms with Gasteiger partial charge in [0.05, 0.1) is 19.8 Å². The molecule has 4 heteroatoms. The molecular formula is C13H18N2O2.